The van der Waals surface area contributed by atoms with Gasteiger partial charge in [-0.3, -0.25) is 4.90 Å². The molecule has 1 heterocycles. The second-order valence-corrected chi connectivity index (χ2v) is 4.60. The Balaban J connectivity index is 1.90. The molecule has 1 atom stereocenters. The summed E-state index contributed by atoms with van der Waals surface area (Å²) in [7, 11) is 1.68. The van der Waals surface area contributed by atoms with Gasteiger partial charge in [0.1, 0.15) is 5.75 Å². The molecule has 1 fully saturated rings. The topological polar surface area (TPSA) is 48.3 Å². The maximum absolute atomic E-state index is 8.73. The second-order valence-electron chi connectivity index (χ2n) is 4.60. The molecular formula is C14H19N3O. The average molecular weight is 245 g/mol. The van der Waals surface area contributed by atoms with Gasteiger partial charge in [0.25, 0.3) is 0 Å². The van der Waals surface area contributed by atoms with Crippen molar-refractivity contribution in [2.24, 2.45) is 0 Å². The van der Waals surface area contributed by atoms with Gasteiger partial charge in [-0.1, -0.05) is 12.1 Å². The number of piperazine rings is 1. The monoisotopic (exact) mass is 245 g/mol. The molecule has 0 saturated carbocycles. The summed E-state index contributed by atoms with van der Waals surface area (Å²) in [6.45, 7) is 3.88. The quantitative estimate of drug-likeness (QED) is 0.870. The first kappa shape index (κ1) is 12.9. The molecule has 18 heavy (non-hydrogen) atoms. The molecule has 96 valence electrons. The highest BCUT2D eigenvalue weighted by molar-refractivity contribution is 5.27. The number of nitrogens with one attached hydrogen (secondary N) is 1. The summed E-state index contributed by atoms with van der Waals surface area (Å²) in [4.78, 5) is 2.39. The summed E-state index contributed by atoms with van der Waals surface area (Å²) in [6.07, 6.45) is 0.582. The Labute approximate surface area is 108 Å². The molecule has 0 spiro atoms. The van der Waals surface area contributed by atoms with Crippen LogP contribution in [0.1, 0.15) is 12.0 Å². The minimum absolute atomic E-state index is 0.307. The van der Waals surface area contributed by atoms with Crippen LogP contribution in [0.25, 0.3) is 0 Å². The summed E-state index contributed by atoms with van der Waals surface area (Å²) in [5, 5.41) is 12.1. The molecule has 1 aromatic carbocycles. The van der Waals surface area contributed by atoms with E-state index < -0.39 is 0 Å². The Morgan fingerprint density at radius 3 is 2.89 bits per heavy atom. The SMILES string of the molecule is COc1ccc(CN2CCN[C@@H](CC#N)C2)cc1. The van der Waals surface area contributed by atoms with Crippen molar-refractivity contribution in [3.63, 3.8) is 0 Å². The maximum atomic E-state index is 8.73. The molecule has 4 nitrogen and oxygen atoms in total. The van der Waals surface area contributed by atoms with Crippen molar-refractivity contribution in [2.45, 2.75) is 19.0 Å². The minimum Gasteiger partial charge on any atom is -0.497 e. The molecule has 1 N–H and O–H groups in total. The molecule has 0 bridgehead atoms. The van der Waals surface area contributed by atoms with E-state index in [9.17, 15) is 0 Å². The summed E-state index contributed by atoms with van der Waals surface area (Å²) in [6, 6.07) is 10.7. The van der Waals surface area contributed by atoms with Crippen LogP contribution in [0.5, 0.6) is 5.75 Å². The summed E-state index contributed by atoms with van der Waals surface area (Å²) in [5.41, 5.74) is 1.29. The predicted octanol–water partition coefficient (Wildman–Crippen LogP) is 1.38. The van der Waals surface area contributed by atoms with Crippen molar-refractivity contribution in [3.05, 3.63) is 29.8 Å². The minimum atomic E-state index is 0.307. The van der Waals surface area contributed by atoms with Crippen LogP contribution in [0.2, 0.25) is 0 Å². The molecule has 1 aromatic rings. The number of benzene rings is 1. The van der Waals surface area contributed by atoms with Crippen molar-refractivity contribution in [1.82, 2.24) is 10.2 Å². The highest BCUT2D eigenvalue weighted by Crippen LogP contribution is 2.14. The van der Waals surface area contributed by atoms with Crippen LogP contribution in [0.15, 0.2) is 24.3 Å². The third-order valence-corrected chi connectivity index (χ3v) is 3.24. The van der Waals surface area contributed by atoms with Gasteiger partial charge in [0.05, 0.1) is 19.6 Å². The van der Waals surface area contributed by atoms with Gasteiger partial charge >= 0.3 is 0 Å². The average Bonchev–Trinajstić information content (AvgIpc) is 2.40. The third-order valence-electron chi connectivity index (χ3n) is 3.24. The lowest BCUT2D eigenvalue weighted by Crippen LogP contribution is -2.49. The molecule has 1 aliphatic rings. The molecular weight excluding hydrogens is 226 g/mol. The van der Waals surface area contributed by atoms with Crippen LogP contribution in [0.4, 0.5) is 0 Å². The number of methoxy groups -OCH3 is 1. The van der Waals surface area contributed by atoms with Crippen molar-refractivity contribution < 1.29 is 4.74 Å². The van der Waals surface area contributed by atoms with E-state index in [1.54, 1.807) is 7.11 Å². The highest BCUT2D eigenvalue weighted by atomic mass is 16.5. The molecule has 1 aliphatic heterocycles. The van der Waals surface area contributed by atoms with Crippen LogP contribution >= 0.6 is 0 Å². The van der Waals surface area contributed by atoms with E-state index in [1.807, 2.05) is 12.1 Å². The van der Waals surface area contributed by atoms with Gasteiger partial charge in [0.15, 0.2) is 0 Å². The van der Waals surface area contributed by atoms with Gasteiger partial charge in [-0.05, 0) is 17.7 Å². The Hall–Kier alpha value is -1.57. The van der Waals surface area contributed by atoms with E-state index in [-0.39, 0.29) is 0 Å². The molecule has 0 radical (unpaired) electrons. The smallest absolute Gasteiger partial charge is 0.118 e. The third kappa shape index (κ3) is 3.46. The molecule has 0 aliphatic carbocycles. The van der Waals surface area contributed by atoms with E-state index in [2.05, 4.69) is 28.4 Å². The standard InChI is InChI=1S/C14H19N3O/c1-18-14-4-2-12(3-5-14)10-17-9-8-16-13(11-17)6-7-15/h2-5,13,16H,6,8-11H2,1H3/t13-/m0/s1. The molecule has 0 aromatic heterocycles. The number of ether oxygens (including phenoxy) is 1. The van der Waals surface area contributed by atoms with E-state index in [0.717, 1.165) is 31.9 Å². The fourth-order valence-electron chi connectivity index (χ4n) is 2.27. The zero-order chi connectivity index (χ0) is 12.8. The summed E-state index contributed by atoms with van der Waals surface area (Å²) >= 11 is 0. The number of hydrogen-bond donors (Lipinski definition) is 1. The van der Waals surface area contributed by atoms with Gasteiger partial charge in [-0.15, -0.1) is 0 Å². The number of nitrogens with zero attached hydrogens (tertiary/aromatic N) is 2. The Bertz CT molecular complexity index is 410. The van der Waals surface area contributed by atoms with Gasteiger partial charge in [0, 0.05) is 32.2 Å². The van der Waals surface area contributed by atoms with Crippen LogP contribution < -0.4 is 10.1 Å². The zero-order valence-corrected chi connectivity index (χ0v) is 10.7. The summed E-state index contributed by atoms with van der Waals surface area (Å²) < 4.78 is 5.15. The van der Waals surface area contributed by atoms with E-state index in [0.29, 0.717) is 12.5 Å². The second kappa shape index (κ2) is 6.39. The van der Waals surface area contributed by atoms with Crippen LogP contribution in [-0.2, 0) is 6.54 Å². The van der Waals surface area contributed by atoms with Gasteiger partial charge in [-0.25, -0.2) is 0 Å². The first-order valence-corrected chi connectivity index (χ1v) is 6.27. The van der Waals surface area contributed by atoms with Gasteiger partial charge in [-0.2, -0.15) is 5.26 Å². The molecule has 0 amide bonds. The van der Waals surface area contributed by atoms with Crippen molar-refractivity contribution in [1.29, 1.82) is 5.26 Å². The van der Waals surface area contributed by atoms with E-state index in [4.69, 9.17) is 10.00 Å². The van der Waals surface area contributed by atoms with E-state index >= 15 is 0 Å². The largest absolute Gasteiger partial charge is 0.497 e. The Kier molecular flexibility index (Phi) is 4.57. The van der Waals surface area contributed by atoms with Crippen molar-refractivity contribution >= 4 is 0 Å². The first-order chi connectivity index (χ1) is 8.81. The van der Waals surface area contributed by atoms with Crippen LogP contribution in [-0.4, -0.2) is 37.7 Å². The fourth-order valence-corrected chi connectivity index (χ4v) is 2.27. The maximum Gasteiger partial charge on any atom is 0.118 e. The number of hydrogen-bond acceptors (Lipinski definition) is 4. The molecule has 1 saturated heterocycles. The number of rotatable bonds is 4. The van der Waals surface area contributed by atoms with Crippen molar-refractivity contribution in [3.8, 4) is 11.8 Å². The highest BCUT2D eigenvalue weighted by Gasteiger charge is 2.18. The number of nitriles is 1. The molecule has 2 rings (SSSR count). The fraction of sp³-hybridized carbons (Fsp3) is 0.500. The Morgan fingerprint density at radius 2 is 2.22 bits per heavy atom. The lowest BCUT2D eigenvalue weighted by molar-refractivity contribution is 0.193. The normalized spacial score (nSPS) is 20.3. The van der Waals surface area contributed by atoms with Crippen LogP contribution in [0, 0.1) is 11.3 Å². The van der Waals surface area contributed by atoms with E-state index in [1.165, 1.54) is 5.56 Å². The molecule has 0 unspecified atom stereocenters. The van der Waals surface area contributed by atoms with Crippen molar-refractivity contribution in [2.75, 3.05) is 26.7 Å². The van der Waals surface area contributed by atoms with Gasteiger partial charge < -0.3 is 10.1 Å². The zero-order valence-electron chi connectivity index (χ0n) is 10.7. The lowest BCUT2D eigenvalue weighted by Gasteiger charge is -2.32. The first-order valence-electron chi connectivity index (χ1n) is 6.27. The lowest BCUT2D eigenvalue weighted by atomic mass is 10.1. The van der Waals surface area contributed by atoms with Crippen LogP contribution in [0.3, 0.4) is 0 Å². The predicted molar refractivity (Wildman–Crippen MR) is 70.3 cm³/mol. The van der Waals surface area contributed by atoms with Gasteiger partial charge in [0.2, 0.25) is 0 Å². The Morgan fingerprint density at radius 1 is 1.44 bits per heavy atom. The molecule has 4 heteroatoms. The summed E-state index contributed by atoms with van der Waals surface area (Å²) in [5.74, 6) is 0.890.